The molecule has 0 fully saturated rings. The summed E-state index contributed by atoms with van der Waals surface area (Å²) in [4.78, 5) is 12.1. The number of hydrogen-bond donors (Lipinski definition) is 1. The van der Waals surface area contributed by atoms with Gasteiger partial charge in [0.2, 0.25) is 0 Å². The molecular weight excluding hydrogens is 369 g/mol. The van der Waals surface area contributed by atoms with Crippen molar-refractivity contribution in [3.8, 4) is 0 Å². The second-order valence-electron chi connectivity index (χ2n) is 4.18. The first-order valence-electron chi connectivity index (χ1n) is 5.73. The molecule has 1 aromatic heterocycles. The highest BCUT2D eigenvalue weighted by Crippen LogP contribution is 2.37. The van der Waals surface area contributed by atoms with Gasteiger partial charge in [0.05, 0.1) is 0 Å². The lowest BCUT2D eigenvalue weighted by Crippen LogP contribution is -2.15. The second kappa shape index (κ2) is 6.15. The van der Waals surface area contributed by atoms with Gasteiger partial charge in [-0.05, 0) is 58.0 Å². The number of thioether (sulfide) groups is 1. The molecule has 1 aromatic carbocycles. The third kappa shape index (κ3) is 4.53. The first-order valence-corrected chi connectivity index (χ1v) is 7.34. The van der Waals surface area contributed by atoms with Crippen LogP contribution in [0.3, 0.4) is 0 Å². The minimum absolute atomic E-state index is 0.0714. The van der Waals surface area contributed by atoms with Crippen LogP contribution in [0.5, 0.6) is 0 Å². The third-order valence-corrected chi connectivity index (χ3v) is 3.72. The van der Waals surface area contributed by atoms with Gasteiger partial charge in [0.15, 0.2) is 0 Å². The molecule has 0 atom stereocenters. The Bertz CT molecular complexity index is 652. The fourth-order valence-electron chi connectivity index (χ4n) is 1.69. The molecule has 0 saturated carbocycles. The molecule has 0 aliphatic rings. The van der Waals surface area contributed by atoms with Crippen molar-refractivity contribution in [2.45, 2.75) is 10.4 Å². The summed E-state index contributed by atoms with van der Waals surface area (Å²) in [5.41, 5.74) is -3.44. The number of aromatic nitrogens is 1. The number of anilines is 1. The SMILES string of the molecule is Cn1cc(Br)cc1C(=O)Nc1ccc(SC(F)(F)F)cc1. The molecular formula is C13H10BrF3N2OS. The maximum Gasteiger partial charge on any atom is 0.446 e. The lowest BCUT2D eigenvalue weighted by atomic mass is 10.3. The largest absolute Gasteiger partial charge is 0.446 e. The van der Waals surface area contributed by atoms with Crippen LogP contribution in [0.25, 0.3) is 0 Å². The predicted molar refractivity (Wildman–Crippen MR) is 79.4 cm³/mol. The zero-order valence-corrected chi connectivity index (χ0v) is 13.1. The predicted octanol–water partition coefficient (Wildman–Crippen LogP) is 4.65. The fourth-order valence-corrected chi connectivity index (χ4v) is 2.75. The minimum Gasteiger partial charge on any atom is -0.345 e. The van der Waals surface area contributed by atoms with Crippen molar-refractivity contribution in [2.75, 3.05) is 5.32 Å². The molecule has 21 heavy (non-hydrogen) atoms. The van der Waals surface area contributed by atoms with E-state index in [9.17, 15) is 18.0 Å². The molecule has 112 valence electrons. The molecule has 2 rings (SSSR count). The van der Waals surface area contributed by atoms with Crippen LogP contribution in [0.4, 0.5) is 18.9 Å². The van der Waals surface area contributed by atoms with E-state index in [1.54, 1.807) is 23.9 Å². The van der Waals surface area contributed by atoms with E-state index >= 15 is 0 Å². The third-order valence-electron chi connectivity index (χ3n) is 2.55. The lowest BCUT2D eigenvalue weighted by molar-refractivity contribution is -0.0328. The maximum absolute atomic E-state index is 12.2. The van der Waals surface area contributed by atoms with Crippen LogP contribution in [-0.4, -0.2) is 16.0 Å². The van der Waals surface area contributed by atoms with Crippen LogP contribution in [0.2, 0.25) is 0 Å². The number of carbonyl (C=O) groups excluding carboxylic acids is 1. The van der Waals surface area contributed by atoms with Crippen molar-refractivity contribution in [1.29, 1.82) is 0 Å². The average molecular weight is 379 g/mol. The molecule has 1 amide bonds. The minimum atomic E-state index is -4.32. The smallest absolute Gasteiger partial charge is 0.345 e. The molecule has 2 aromatic rings. The number of alkyl halides is 3. The molecule has 1 heterocycles. The van der Waals surface area contributed by atoms with Gasteiger partial charge in [0, 0.05) is 28.3 Å². The van der Waals surface area contributed by atoms with Crippen molar-refractivity contribution in [3.05, 3.63) is 46.7 Å². The summed E-state index contributed by atoms with van der Waals surface area (Å²) in [5, 5.41) is 2.63. The van der Waals surface area contributed by atoms with E-state index in [0.29, 0.717) is 11.4 Å². The molecule has 0 aliphatic heterocycles. The molecule has 8 heteroatoms. The number of benzene rings is 1. The lowest BCUT2D eigenvalue weighted by Gasteiger charge is -2.08. The number of nitrogens with one attached hydrogen (secondary N) is 1. The first kappa shape index (κ1) is 16.0. The summed E-state index contributed by atoms with van der Waals surface area (Å²) in [7, 11) is 1.72. The number of rotatable bonds is 3. The van der Waals surface area contributed by atoms with Gasteiger partial charge in [0.1, 0.15) is 5.69 Å². The van der Waals surface area contributed by atoms with Crippen molar-refractivity contribution in [1.82, 2.24) is 4.57 Å². The Morgan fingerprint density at radius 1 is 1.29 bits per heavy atom. The number of amides is 1. The van der Waals surface area contributed by atoms with E-state index in [0.717, 1.165) is 4.47 Å². The van der Waals surface area contributed by atoms with Gasteiger partial charge in [0.25, 0.3) is 5.91 Å². The molecule has 3 nitrogen and oxygen atoms in total. The van der Waals surface area contributed by atoms with E-state index in [1.807, 2.05) is 0 Å². The highest BCUT2D eigenvalue weighted by atomic mass is 79.9. The van der Waals surface area contributed by atoms with Crippen molar-refractivity contribution >= 4 is 39.3 Å². The molecule has 0 aliphatic carbocycles. The van der Waals surface area contributed by atoms with Crippen molar-refractivity contribution < 1.29 is 18.0 Å². The van der Waals surface area contributed by atoms with Crippen LogP contribution in [-0.2, 0) is 7.05 Å². The van der Waals surface area contributed by atoms with E-state index in [4.69, 9.17) is 0 Å². The molecule has 1 N–H and O–H groups in total. The van der Waals surface area contributed by atoms with Gasteiger partial charge in [-0.25, -0.2) is 0 Å². The Morgan fingerprint density at radius 3 is 2.38 bits per heavy atom. The van der Waals surface area contributed by atoms with Crippen LogP contribution < -0.4 is 5.32 Å². The van der Waals surface area contributed by atoms with E-state index in [1.165, 1.54) is 24.3 Å². The summed E-state index contributed by atoms with van der Waals surface area (Å²) in [5.74, 6) is -0.334. The monoisotopic (exact) mass is 378 g/mol. The summed E-state index contributed by atoms with van der Waals surface area (Å²) < 4.78 is 39.0. The zero-order chi connectivity index (χ0) is 15.6. The molecule has 0 saturated heterocycles. The van der Waals surface area contributed by atoms with E-state index < -0.39 is 5.51 Å². The quantitative estimate of drug-likeness (QED) is 0.788. The van der Waals surface area contributed by atoms with Gasteiger partial charge in [-0.1, -0.05) is 0 Å². The Hall–Kier alpha value is -1.41. The fraction of sp³-hybridized carbons (Fsp3) is 0.154. The summed E-state index contributed by atoms with van der Waals surface area (Å²) in [6.45, 7) is 0. The van der Waals surface area contributed by atoms with Crippen LogP contribution in [0.1, 0.15) is 10.5 Å². The molecule has 0 bridgehead atoms. The van der Waals surface area contributed by atoms with E-state index in [2.05, 4.69) is 21.2 Å². The van der Waals surface area contributed by atoms with Gasteiger partial charge in [-0.2, -0.15) is 13.2 Å². The highest BCUT2D eigenvalue weighted by Gasteiger charge is 2.29. The first-order chi connectivity index (χ1) is 9.74. The summed E-state index contributed by atoms with van der Waals surface area (Å²) in [6.07, 6.45) is 1.73. The normalized spacial score (nSPS) is 11.5. The van der Waals surface area contributed by atoms with E-state index in [-0.39, 0.29) is 22.6 Å². The summed E-state index contributed by atoms with van der Waals surface area (Å²) >= 11 is 3.07. The Balaban J connectivity index is 2.07. The Morgan fingerprint density at radius 2 is 1.90 bits per heavy atom. The van der Waals surface area contributed by atoms with Crippen LogP contribution >= 0.6 is 27.7 Å². The molecule has 0 spiro atoms. The Labute approximate surface area is 131 Å². The standard InChI is InChI=1S/C13H10BrF3N2OS/c1-19-7-8(14)6-11(19)12(20)18-9-2-4-10(5-3-9)21-13(15,16)17/h2-7H,1H3,(H,18,20). The maximum atomic E-state index is 12.2. The highest BCUT2D eigenvalue weighted by molar-refractivity contribution is 9.10. The van der Waals surface area contributed by atoms with Crippen LogP contribution in [0.15, 0.2) is 45.9 Å². The topological polar surface area (TPSA) is 34.0 Å². The Kier molecular flexibility index (Phi) is 4.67. The van der Waals surface area contributed by atoms with Gasteiger partial charge >= 0.3 is 5.51 Å². The summed E-state index contributed by atoms with van der Waals surface area (Å²) in [6, 6.07) is 7.15. The second-order valence-corrected chi connectivity index (χ2v) is 6.23. The molecule has 0 radical (unpaired) electrons. The van der Waals surface area contributed by atoms with Crippen molar-refractivity contribution in [2.24, 2.45) is 7.05 Å². The van der Waals surface area contributed by atoms with Gasteiger partial charge < -0.3 is 9.88 Å². The number of carbonyl (C=O) groups is 1. The number of hydrogen-bond acceptors (Lipinski definition) is 2. The molecule has 0 unspecified atom stereocenters. The van der Waals surface area contributed by atoms with Crippen molar-refractivity contribution in [3.63, 3.8) is 0 Å². The average Bonchev–Trinajstić information content (AvgIpc) is 2.69. The van der Waals surface area contributed by atoms with Gasteiger partial charge in [-0.15, -0.1) is 0 Å². The number of halogens is 4. The number of aryl methyl sites for hydroxylation is 1. The van der Waals surface area contributed by atoms with Crippen LogP contribution in [0, 0.1) is 0 Å². The number of nitrogens with zero attached hydrogens (tertiary/aromatic N) is 1. The van der Waals surface area contributed by atoms with Gasteiger partial charge in [-0.3, -0.25) is 4.79 Å². The zero-order valence-electron chi connectivity index (χ0n) is 10.7.